The van der Waals surface area contributed by atoms with Crippen LogP contribution in [0.2, 0.25) is 0 Å². The van der Waals surface area contributed by atoms with Crippen LogP contribution in [0.5, 0.6) is 0 Å². The summed E-state index contributed by atoms with van der Waals surface area (Å²) in [4.78, 5) is 11.4. The van der Waals surface area contributed by atoms with Crippen molar-refractivity contribution in [3.8, 4) is 39.3 Å². The first-order valence-electron chi connectivity index (χ1n) is 18.4. The third-order valence-corrected chi connectivity index (χ3v) is 12.9. The van der Waals surface area contributed by atoms with Crippen molar-refractivity contribution in [3.05, 3.63) is 164 Å². The SMILES string of the molecule is c1ccc2c(c1)-c1cccc3c4ccccc4c4c(c13)c1c-2cccc1n4-c1nc2ccc3ccccc3c2nc1-c1cccc2c1sc1ccccc12. The molecule has 0 unspecified atom stereocenters. The van der Waals surface area contributed by atoms with Gasteiger partial charge in [-0.15, -0.1) is 11.3 Å². The molecular formula is C50H27N3S. The zero-order valence-corrected chi connectivity index (χ0v) is 29.7. The van der Waals surface area contributed by atoms with Crippen LogP contribution < -0.4 is 0 Å². The van der Waals surface area contributed by atoms with Gasteiger partial charge in [-0.05, 0) is 56.6 Å². The van der Waals surface area contributed by atoms with E-state index in [9.17, 15) is 0 Å². The molecule has 9 aromatic carbocycles. The highest BCUT2D eigenvalue weighted by Gasteiger charge is 2.29. The van der Waals surface area contributed by atoms with Gasteiger partial charge in [0.15, 0.2) is 5.82 Å². The molecular weight excluding hydrogens is 675 g/mol. The molecule has 248 valence electrons. The predicted molar refractivity (Wildman–Crippen MR) is 229 cm³/mol. The lowest BCUT2D eigenvalue weighted by atomic mass is 9.91. The van der Waals surface area contributed by atoms with Gasteiger partial charge in [-0.2, -0.15) is 0 Å². The third kappa shape index (κ3) is 3.60. The predicted octanol–water partition coefficient (Wildman–Crippen LogP) is 13.9. The van der Waals surface area contributed by atoms with E-state index in [-0.39, 0.29) is 0 Å². The second kappa shape index (κ2) is 10.4. The molecule has 0 spiro atoms. The molecule has 1 aliphatic carbocycles. The van der Waals surface area contributed by atoms with Gasteiger partial charge in [0, 0.05) is 52.7 Å². The van der Waals surface area contributed by atoms with Crippen molar-refractivity contribution in [1.82, 2.24) is 14.5 Å². The number of fused-ring (bicyclic) bond motifs is 12. The molecule has 13 rings (SSSR count). The molecule has 0 amide bonds. The molecule has 0 bridgehead atoms. The van der Waals surface area contributed by atoms with E-state index in [1.165, 1.54) is 80.3 Å². The van der Waals surface area contributed by atoms with Gasteiger partial charge in [0.25, 0.3) is 0 Å². The summed E-state index contributed by atoms with van der Waals surface area (Å²) in [5.74, 6) is 0.843. The van der Waals surface area contributed by atoms with Crippen LogP contribution in [0.1, 0.15) is 0 Å². The number of rotatable bonds is 2. The van der Waals surface area contributed by atoms with Crippen molar-refractivity contribution in [2.75, 3.05) is 0 Å². The quantitative estimate of drug-likeness (QED) is 0.168. The Labute approximate surface area is 313 Å². The van der Waals surface area contributed by atoms with Gasteiger partial charge in [-0.1, -0.05) is 146 Å². The maximum atomic E-state index is 5.72. The summed E-state index contributed by atoms with van der Waals surface area (Å²) in [6, 6.07) is 59.7. The van der Waals surface area contributed by atoms with Gasteiger partial charge in [0.1, 0.15) is 5.69 Å². The van der Waals surface area contributed by atoms with Crippen molar-refractivity contribution in [3.63, 3.8) is 0 Å². The summed E-state index contributed by atoms with van der Waals surface area (Å²) >= 11 is 1.84. The first-order valence-corrected chi connectivity index (χ1v) is 19.2. The van der Waals surface area contributed by atoms with Crippen LogP contribution in [0.3, 0.4) is 0 Å². The summed E-state index contributed by atoms with van der Waals surface area (Å²) < 4.78 is 4.94. The molecule has 3 heterocycles. The van der Waals surface area contributed by atoms with Gasteiger partial charge in [0.2, 0.25) is 0 Å². The highest BCUT2D eigenvalue weighted by molar-refractivity contribution is 7.26. The number of hydrogen-bond donors (Lipinski definition) is 0. The standard InChI is InChI=1S/C50H27N3S/c1-2-13-29-28(12-1)26-27-40-46(29)52-47(39-23-10-22-38-33-17-7-8-25-42(33)54-49(38)39)50(51-40)53-41-24-11-21-36-31-15-4-3-14-30(31)34-19-9-20-35-32-16-5-6-18-37(32)48(53)45(43(34)35)44(36)41/h1-27H. The van der Waals surface area contributed by atoms with Crippen LogP contribution in [-0.2, 0) is 0 Å². The maximum Gasteiger partial charge on any atom is 0.165 e. The minimum atomic E-state index is 0.843. The van der Waals surface area contributed by atoms with Crippen LogP contribution in [0.4, 0.5) is 0 Å². The lowest BCUT2D eigenvalue weighted by molar-refractivity contribution is 1.09. The summed E-state index contributed by atoms with van der Waals surface area (Å²) in [5, 5.41) is 12.3. The first-order chi connectivity index (χ1) is 26.8. The van der Waals surface area contributed by atoms with Crippen molar-refractivity contribution >= 4 is 96.7 Å². The van der Waals surface area contributed by atoms with Gasteiger partial charge >= 0.3 is 0 Å². The molecule has 12 aromatic rings. The van der Waals surface area contributed by atoms with Crippen LogP contribution in [-0.4, -0.2) is 14.5 Å². The molecule has 54 heavy (non-hydrogen) atoms. The minimum absolute atomic E-state index is 0.843. The van der Waals surface area contributed by atoms with Crippen LogP contribution in [0.25, 0.3) is 125 Å². The van der Waals surface area contributed by atoms with E-state index in [1.54, 1.807) is 0 Å². The smallest absolute Gasteiger partial charge is 0.165 e. The summed E-state index contributed by atoms with van der Waals surface area (Å²) in [7, 11) is 0. The maximum absolute atomic E-state index is 5.72. The van der Waals surface area contributed by atoms with Gasteiger partial charge in [0.05, 0.1) is 22.1 Å². The number of aromatic nitrogens is 3. The first kappa shape index (κ1) is 28.7. The molecule has 0 radical (unpaired) electrons. The molecule has 3 nitrogen and oxygen atoms in total. The number of thiophene rings is 1. The Morgan fingerprint density at radius 3 is 1.89 bits per heavy atom. The second-order valence-corrected chi connectivity index (χ2v) is 15.5. The summed E-state index contributed by atoms with van der Waals surface area (Å²) in [6.07, 6.45) is 0. The van der Waals surface area contributed by atoms with Gasteiger partial charge < -0.3 is 0 Å². The number of nitrogens with zero attached hydrogens (tertiary/aromatic N) is 3. The van der Waals surface area contributed by atoms with Crippen molar-refractivity contribution in [1.29, 1.82) is 0 Å². The van der Waals surface area contributed by atoms with Gasteiger partial charge in [-0.25, -0.2) is 9.97 Å². The molecule has 0 N–H and O–H groups in total. The fourth-order valence-electron chi connectivity index (χ4n) is 9.48. The molecule has 0 saturated heterocycles. The van der Waals surface area contributed by atoms with E-state index in [4.69, 9.17) is 9.97 Å². The largest absolute Gasteiger partial charge is 0.291 e. The molecule has 0 fully saturated rings. The fraction of sp³-hybridized carbons (Fsp3) is 0. The Bertz CT molecular complexity index is 3630. The Morgan fingerprint density at radius 1 is 0.407 bits per heavy atom. The molecule has 0 atom stereocenters. The van der Waals surface area contributed by atoms with E-state index in [1.807, 2.05) is 11.3 Å². The normalized spacial score (nSPS) is 12.4. The van der Waals surface area contributed by atoms with E-state index in [0.29, 0.717) is 0 Å². The Kier molecular flexibility index (Phi) is 5.51. The molecule has 4 heteroatoms. The minimum Gasteiger partial charge on any atom is -0.291 e. The van der Waals surface area contributed by atoms with E-state index in [0.717, 1.165) is 44.4 Å². The highest BCUT2D eigenvalue weighted by Crippen LogP contribution is 2.52. The molecule has 0 aliphatic heterocycles. The molecule has 3 aromatic heterocycles. The topological polar surface area (TPSA) is 30.7 Å². The van der Waals surface area contributed by atoms with Crippen LogP contribution in [0, 0.1) is 0 Å². The van der Waals surface area contributed by atoms with Crippen LogP contribution >= 0.6 is 11.3 Å². The zero-order valence-electron chi connectivity index (χ0n) is 28.8. The number of hydrogen-bond acceptors (Lipinski definition) is 3. The zero-order chi connectivity index (χ0) is 35.1. The van der Waals surface area contributed by atoms with Gasteiger partial charge in [-0.3, -0.25) is 4.57 Å². The summed E-state index contributed by atoms with van der Waals surface area (Å²) in [6.45, 7) is 0. The average Bonchev–Trinajstić information content (AvgIpc) is 3.76. The Morgan fingerprint density at radius 2 is 1.04 bits per heavy atom. The lowest BCUT2D eigenvalue weighted by Crippen LogP contribution is -2.04. The van der Waals surface area contributed by atoms with Crippen molar-refractivity contribution < 1.29 is 0 Å². The lowest BCUT2D eigenvalue weighted by Gasteiger charge is -2.18. The molecule has 0 saturated carbocycles. The van der Waals surface area contributed by atoms with E-state index >= 15 is 0 Å². The number of benzene rings is 9. The second-order valence-electron chi connectivity index (χ2n) is 14.4. The van der Waals surface area contributed by atoms with Crippen molar-refractivity contribution in [2.45, 2.75) is 0 Å². The van der Waals surface area contributed by atoms with E-state index < -0.39 is 0 Å². The Balaban J connectivity index is 1.29. The fourth-order valence-corrected chi connectivity index (χ4v) is 10.7. The summed E-state index contributed by atoms with van der Waals surface area (Å²) in [5.41, 5.74) is 11.1. The average molecular weight is 702 g/mol. The van der Waals surface area contributed by atoms with Crippen molar-refractivity contribution in [2.24, 2.45) is 0 Å². The van der Waals surface area contributed by atoms with Crippen LogP contribution in [0.15, 0.2) is 164 Å². The third-order valence-electron chi connectivity index (χ3n) is 11.7. The monoisotopic (exact) mass is 701 g/mol. The highest BCUT2D eigenvalue weighted by atomic mass is 32.1. The van der Waals surface area contributed by atoms with E-state index in [2.05, 4.69) is 168 Å². The molecule has 1 aliphatic rings. The Hall–Kier alpha value is -6.88.